The zero-order valence-corrected chi connectivity index (χ0v) is 10.1. The Balaban J connectivity index is 2.64. The first-order chi connectivity index (χ1) is 7.09. The third-order valence-corrected chi connectivity index (χ3v) is 3.77. The van der Waals surface area contributed by atoms with Crippen LogP contribution in [-0.4, -0.2) is 4.98 Å². The van der Waals surface area contributed by atoms with Crippen LogP contribution >= 0.6 is 11.3 Å². The van der Waals surface area contributed by atoms with Gasteiger partial charge in [-0.05, 0) is 18.6 Å². The molecule has 1 atom stereocenters. The van der Waals surface area contributed by atoms with Crippen molar-refractivity contribution >= 4 is 21.6 Å². The second-order valence-corrected chi connectivity index (χ2v) is 5.25. The average Bonchev–Trinajstić information content (AvgIpc) is 2.60. The van der Waals surface area contributed by atoms with E-state index in [1.807, 2.05) is 6.92 Å². The maximum absolute atomic E-state index is 5.93. The summed E-state index contributed by atoms with van der Waals surface area (Å²) in [4.78, 5) is 4.67. The summed E-state index contributed by atoms with van der Waals surface area (Å²) >= 11 is 1.77. The Morgan fingerprint density at radius 3 is 2.60 bits per heavy atom. The van der Waals surface area contributed by atoms with E-state index in [0.29, 0.717) is 5.92 Å². The predicted octanol–water partition coefficient (Wildman–Crippen LogP) is 3.44. The molecule has 0 aliphatic carbocycles. The van der Waals surface area contributed by atoms with Crippen molar-refractivity contribution in [1.82, 2.24) is 4.98 Å². The first-order valence-electron chi connectivity index (χ1n) is 5.24. The Morgan fingerprint density at radius 1 is 1.27 bits per heavy atom. The second kappa shape index (κ2) is 3.91. The highest BCUT2D eigenvalue weighted by Gasteiger charge is 2.11. The van der Waals surface area contributed by atoms with Crippen LogP contribution in [0.25, 0.3) is 10.2 Å². The summed E-state index contributed by atoms with van der Waals surface area (Å²) in [5.74, 6) is 0.489. The van der Waals surface area contributed by atoms with E-state index < -0.39 is 0 Å². The highest BCUT2D eigenvalue weighted by molar-refractivity contribution is 7.18. The zero-order valence-electron chi connectivity index (χ0n) is 9.32. The molecule has 15 heavy (non-hydrogen) atoms. The van der Waals surface area contributed by atoms with Gasteiger partial charge in [-0.1, -0.05) is 26.0 Å². The lowest BCUT2D eigenvalue weighted by molar-refractivity contribution is 0.819. The van der Waals surface area contributed by atoms with Crippen molar-refractivity contribution in [3.63, 3.8) is 0 Å². The normalized spacial score (nSPS) is 13.7. The minimum atomic E-state index is 0.0517. The molecule has 1 aromatic carbocycles. The van der Waals surface area contributed by atoms with Crippen molar-refractivity contribution in [2.75, 3.05) is 0 Å². The molecule has 2 nitrogen and oxygen atoms in total. The van der Waals surface area contributed by atoms with Crippen LogP contribution in [0, 0.1) is 0 Å². The molecule has 2 rings (SSSR count). The molecular weight excluding hydrogens is 204 g/mol. The first kappa shape index (κ1) is 10.6. The van der Waals surface area contributed by atoms with E-state index in [0.717, 1.165) is 11.1 Å². The average molecular weight is 220 g/mol. The summed E-state index contributed by atoms with van der Waals surface area (Å²) in [7, 11) is 0. The number of aromatic nitrogens is 1. The minimum Gasteiger partial charge on any atom is -0.324 e. The molecule has 0 aliphatic heterocycles. The Kier molecular flexibility index (Phi) is 2.76. The van der Waals surface area contributed by atoms with Crippen molar-refractivity contribution in [3.8, 4) is 0 Å². The topological polar surface area (TPSA) is 38.9 Å². The molecule has 2 N–H and O–H groups in total. The van der Waals surface area contributed by atoms with Crippen molar-refractivity contribution in [2.45, 2.75) is 32.7 Å². The van der Waals surface area contributed by atoms with Gasteiger partial charge >= 0.3 is 0 Å². The number of hydrogen-bond acceptors (Lipinski definition) is 3. The molecule has 1 unspecified atom stereocenters. The molecule has 80 valence electrons. The Morgan fingerprint density at radius 2 is 2.00 bits per heavy atom. The summed E-state index contributed by atoms with van der Waals surface area (Å²) in [6.45, 7) is 6.34. The lowest BCUT2D eigenvalue weighted by Crippen LogP contribution is -2.05. The molecule has 0 spiro atoms. The number of benzene rings is 1. The van der Waals surface area contributed by atoms with E-state index in [1.165, 1.54) is 9.71 Å². The molecule has 1 heterocycles. The van der Waals surface area contributed by atoms with Crippen molar-refractivity contribution in [1.29, 1.82) is 0 Å². The van der Waals surface area contributed by atoms with Gasteiger partial charge in [0.15, 0.2) is 0 Å². The third kappa shape index (κ3) is 1.90. The van der Waals surface area contributed by atoms with Crippen LogP contribution < -0.4 is 5.73 Å². The monoisotopic (exact) mass is 220 g/mol. The van der Waals surface area contributed by atoms with Gasteiger partial charge in [0.05, 0.1) is 15.2 Å². The Labute approximate surface area is 94.1 Å². The van der Waals surface area contributed by atoms with Gasteiger partial charge in [0, 0.05) is 12.0 Å². The van der Waals surface area contributed by atoms with Crippen LogP contribution in [-0.2, 0) is 0 Å². The zero-order chi connectivity index (χ0) is 11.0. The van der Waals surface area contributed by atoms with Gasteiger partial charge in [-0.3, -0.25) is 0 Å². The van der Waals surface area contributed by atoms with Crippen LogP contribution in [0.5, 0.6) is 0 Å². The molecule has 2 aromatic rings. The molecule has 3 heteroatoms. The molecular formula is C12H16N2S. The maximum Gasteiger partial charge on any atom is 0.0964 e. The van der Waals surface area contributed by atoms with Crippen LogP contribution in [0.1, 0.15) is 43.3 Å². The molecule has 0 aliphatic rings. The van der Waals surface area contributed by atoms with E-state index >= 15 is 0 Å². The largest absolute Gasteiger partial charge is 0.324 e. The molecule has 0 amide bonds. The fourth-order valence-corrected chi connectivity index (χ4v) is 2.61. The maximum atomic E-state index is 5.93. The molecule has 1 aromatic heterocycles. The Bertz CT molecular complexity index is 471. The standard InChI is InChI=1S/C12H16N2S/c1-7(2)12-14-11-9(8(3)13)5-4-6-10(11)15-12/h4-8H,13H2,1-3H3. The smallest absolute Gasteiger partial charge is 0.0964 e. The van der Waals surface area contributed by atoms with Crippen LogP contribution in [0.2, 0.25) is 0 Å². The third-order valence-electron chi connectivity index (χ3n) is 2.45. The number of hydrogen-bond donors (Lipinski definition) is 1. The van der Waals surface area contributed by atoms with Gasteiger partial charge in [0.25, 0.3) is 0 Å². The van der Waals surface area contributed by atoms with Crippen molar-refractivity contribution in [3.05, 3.63) is 28.8 Å². The highest BCUT2D eigenvalue weighted by Crippen LogP contribution is 2.30. The van der Waals surface area contributed by atoms with Crippen molar-refractivity contribution in [2.24, 2.45) is 5.73 Å². The predicted molar refractivity (Wildman–Crippen MR) is 66.3 cm³/mol. The summed E-state index contributed by atoms with van der Waals surface area (Å²) < 4.78 is 1.24. The number of fused-ring (bicyclic) bond motifs is 1. The fourth-order valence-electron chi connectivity index (χ4n) is 1.60. The lowest BCUT2D eigenvalue weighted by Gasteiger charge is -2.05. The van der Waals surface area contributed by atoms with Gasteiger partial charge in [0.1, 0.15) is 0 Å². The van der Waals surface area contributed by atoms with E-state index in [4.69, 9.17) is 5.73 Å². The highest BCUT2D eigenvalue weighted by atomic mass is 32.1. The summed E-state index contributed by atoms with van der Waals surface area (Å²) in [6.07, 6.45) is 0. The molecule has 0 saturated heterocycles. The van der Waals surface area contributed by atoms with Gasteiger partial charge < -0.3 is 5.73 Å². The van der Waals surface area contributed by atoms with Gasteiger partial charge in [-0.2, -0.15) is 0 Å². The molecule has 0 saturated carbocycles. The number of nitrogens with zero attached hydrogens (tertiary/aromatic N) is 1. The van der Waals surface area contributed by atoms with E-state index in [-0.39, 0.29) is 6.04 Å². The number of rotatable bonds is 2. The summed E-state index contributed by atoms with van der Waals surface area (Å²) in [5, 5.41) is 1.19. The summed E-state index contributed by atoms with van der Waals surface area (Å²) in [6, 6.07) is 6.29. The number of nitrogens with two attached hydrogens (primary N) is 1. The molecule has 0 radical (unpaired) electrons. The van der Waals surface area contributed by atoms with Crippen LogP contribution in [0.3, 0.4) is 0 Å². The molecule has 0 bridgehead atoms. The van der Waals surface area contributed by atoms with Gasteiger partial charge in [-0.15, -0.1) is 11.3 Å². The Hall–Kier alpha value is -0.930. The minimum absolute atomic E-state index is 0.0517. The lowest BCUT2D eigenvalue weighted by atomic mass is 10.1. The van der Waals surface area contributed by atoms with E-state index in [1.54, 1.807) is 11.3 Å². The van der Waals surface area contributed by atoms with Gasteiger partial charge in [0.2, 0.25) is 0 Å². The van der Waals surface area contributed by atoms with Crippen LogP contribution in [0.15, 0.2) is 18.2 Å². The SMILES string of the molecule is CC(C)c1nc2c(C(C)N)cccc2s1. The molecule has 0 fully saturated rings. The number of thiazole rings is 1. The van der Waals surface area contributed by atoms with E-state index in [2.05, 4.69) is 37.0 Å². The van der Waals surface area contributed by atoms with Crippen LogP contribution in [0.4, 0.5) is 0 Å². The quantitative estimate of drug-likeness (QED) is 0.842. The second-order valence-electron chi connectivity index (χ2n) is 4.19. The summed E-state index contributed by atoms with van der Waals surface area (Å²) in [5.41, 5.74) is 8.16. The number of para-hydroxylation sites is 1. The van der Waals surface area contributed by atoms with E-state index in [9.17, 15) is 0 Å². The van der Waals surface area contributed by atoms with Gasteiger partial charge in [-0.25, -0.2) is 4.98 Å². The first-order valence-corrected chi connectivity index (χ1v) is 6.06. The van der Waals surface area contributed by atoms with Crippen molar-refractivity contribution < 1.29 is 0 Å². The fraction of sp³-hybridized carbons (Fsp3) is 0.417.